The van der Waals surface area contributed by atoms with Gasteiger partial charge in [0.15, 0.2) is 0 Å². The lowest BCUT2D eigenvalue weighted by molar-refractivity contribution is 0.324. The molecule has 6 heteroatoms. The Kier molecular flexibility index (Phi) is 3.29. The van der Waals surface area contributed by atoms with E-state index in [9.17, 15) is 0 Å². The van der Waals surface area contributed by atoms with E-state index in [0.717, 1.165) is 12.3 Å². The van der Waals surface area contributed by atoms with Gasteiger partial charge in [0.1, 0.15) is 17.8 Å². The molecule has 2 aromatic rings. The maximum absolute atomic E-state index is 5.94. The molecule has 110 valence electrons. The van der Waals surface area contributed by atoms with Crippen LogP contribution in [0.5, 0.6) is 0 Å². The van der Waals surface area contributed by atoms with Gasteiger partial charge < -0.3 is 19.6 Å². The van der Waals surface area contributed by atoms with Gasteiger partial charge in [0.2, 0.25) is 5.89 Å². The van der Waals surface area contributed by atoms with E-state index in [1.807, 2.05) is 6.20 Å². The van der Waals surface area contributed by atoms with Gasteiger partial charge in [0.25, 0.3) is 0 Å². The van der Waals surface area contributed by atoms with Gasteiger partial charge in [-0.3, -0.25) is 0 Å². The largest absolute Gasteiger partial charge is 0.444 e. The minimum atomic E-state index is 0.0474. The molecule has 6 nitrogen and oxygen atoms in total. The Morgan fingerprint density at radius 2 is 2.19 bits per heavy atom. The summed E-state index contributed by atoms with van der Waals surface area (Å²) in [6.07, 6.45) is 5.04. The summed E-state index contributed by atoms with van der Waals surface area (Å²) >= 11 is 0. The normalized spacial score (nSPS) is 18.6. The summed E-state index contributed by atoms with van der Waals surface area (Å²) < 4.78 is 7.54. The summed E-state index contributed by atoms with van der Waals surface area (Å²) in [6, 6.07) is 4.29. The standard InChI is InChI=1S/C15H19N5O/c1-10-4-5-12(19(10)3)8-20-9-13(16)18-14(11(20)2)15-17-6-7-21-15/h4-7,9,11H,8,16H2,1-3H3. The van der Waals surface area contributed by atoms with Crippen molar-refractivity contribution in [2.75, 3.05) is 0 Å². The van der Waals surface area contributed by atoms with E-state index >= 15 is 0 Å². The molecular formula is C15H19N5O. The lowest BCUT2D eigenvalue weighted by Gasteiger charge is -2.31. The SMILES string of the molecule is Cc1ccc(CN2C=C(N)N=C(c3ncco3)C2C)n1C. The summed E-state index contributed by atoms with van der Waals surface area (Å²) in [6.45, 7) is 4.92. The van der Waals surface area contributed by atoms with Crippen LogP contribution in [0, 0.1) is 6.92 Å². The number of rotatable bonds is 3. The average molecular weight is 285 g/mol. The van der Waals surface area contributed by atoms with E-state index < -0.39 is 0 Å². The molecule has 0 bridgehead atoms. The lowest BCUT2D eigenvalue weighted by atomic mass is 10.1. The maximum Gasteiger partial charge on any atom is 0.242 e. The van der Waals surface area contributed by atoms with Crippen LogP contribution >= 0.6 is 0 Å². The molecule has 1 atom stereocenters. The first-order valence-electron chi connectivity index (χ1n) is 6.89. The van der Waals surface area contributed by atoms with Crippen LogP contribution in [0.4, 0.5) is 0 Å². The molecule has 3 heterocycles. The second-order valence-electron chi connectivity index (χ2n) is 5.26. The van der Waals surface area contributed by atoms with E-state index in [0.29, 0.717) is 11.7 Å². The number of aromatic nitrogens is 2. The van der Waals surface area contributed by atoms with Crippen LogP contribution in [-0.4, -0.2) is 26.2 Å². The predicted octanol–water partition coefficient (Wildman–Crippen LogP) is 1.77. The van der Waals surface area contributed by atoms with Crippen molar-refractivity contribution in [3.8, 4) is 0 Å². The molecule has 0 amide bonds. The second-order valence-corrected chi connectivity index (χ2v) is 5.26. The molecule has 0 aliphatic carbocycles. The van der Waals surface area contributed by atoms with Crippen LogP contribution in [0.2, 0.25) is 0 Å². The van der Waals surface area contributed by atoms with Crippen LogP contribution in [-0.2, 0) is 13.6 Å². The lowest BCUT2D eigenvalue weighted by Crippen LogP contribution is -2.39. The Morgan fingerprint density at radius 1 is 1.38 bits per heavy atom. The number of aryl methyl sites for hydroxylation is 1. The van der Waals surface area contributed by atoms with E-state index in [-0.39, 0.29) is 6.04 Å². The van der Waals surface area contributed by atoms with E-state index in [2.05, 4.69) is 52.5 Å². The zero-order valence-electron chi connectivity index (χ0n) is 12.4. The highest BCUT2D eigenvalue weighted by Gasteiger charge is 2.26. The minimum absolute atomic E-state index is 0.0474. The van der Waals surface area contributed by atoms with Gasteiger partial charge in [-0.25, -0.2) is 9.98 Å². The van der Waals surface area contributed by atoms with Crippen molar-refractivity contribution >= 4 is 5.71 Å². The van der Waals surface area contributed by atoms with Gasteiger partial charge in [-0.2, -0.15) is 0 Å². The van der Waals surface area contributed by atoms with Gasteiger partial charge in [0, 0.05) is 24.6 Å². The van der Waals surface area contributed by atoms with Gasteiger partial charge >= 0.3 is 0 Å². The van der Waals surface area contributed by atoms with Crippen molar-refractivity contribution in [2.45, 2.75) is 26.4 Å². The van der Waals surface area contributed by atoms with Crippen molar-refractivity contribution in [1.29, 1.82) is 0 Å². The van der Waals surface area contributed by atoms with Crippen LogP contribution in [0.25, 0.3) is 0 Å². The molecule has 0 spiro atoms. The third-order valence-electron chi connectivity index (χ3n) is 3.91. The molecule has 0 saturated carbocycles. The molecule has 3 rings (SSSR count). The fourth-order valence-electron chi connectivity index (χ4n) is 2.47. The molecule has 1 unspecified atom stereocenters. The quantitative estimate of drug-likeness (QED) is 0.933. The molecule has 0 saturated heterocycles. The van der Waals surface area contributed by atoms with Crippen LogP contribution < -0.4 is 5.73 Å². The molecule has 2 aromatic heterocycles. The highest BCUT2D eigenvalue weighted by atomic mass is 16.3. The fraction of sp³-hybridized carbons (Fsp3) is 0.333. The number of oxazole rings is 1. The van der Waals surface area contributed by atoms with Gasteiger partial charge in [-0.05, 0) is 26.0 Å². The first kappa shape index (κ1) is 13.5. The number of nitrogens with zero attached hydrogens (tertiary/aromatic N) is 4. The molecular weight excluding hydrogens is 266 g/mol. The summed E-state index contributed by atoms with van der Waals surface area (Å²) in [5, 5.41) is 0. The van der Waals surface area contributed by atoms with Crippen molar-refractivity contribution in [3.63, 3.8) is 0 Å². The number of aliphatic imine (C=N–C) groups is 1. The Morgan fingerprint density at radius 3 is 2.81 bits per heavy atom. The summed E-state index contributed by atoms with van der Waals surface area (Å²) in [4.78, 5) is 10.7. The zero-order chi connectivity index (χ0) is 15.0. The Balaban J connectivity index is 1.87. The molecule has 1 aliphatic heterocycles. The summed E-state index contributed by atoms with van der Waals surface area (Å²) in [7, 11) is 2.06. The van der Waals surface area contributed by atoms with Gasteiger partial charge in [-0.1, -0.05) is 0 Å². The number of hydrogen-bond acceptors (Lipinski definition) is 5. The van der Waals surface area contributed by atoms with Crippen molar-refractivity contribution < 1.29 is 4.42 Å². The van der Waals surface area contributed by atoms with Crippen LogP contribution in [0.1, 0.15) is 24.2 Å². The molecule has 0 aromatic carbocycles. The third kappa shape index (κ3) is 2.44. The number of hydrogen-bond donors (Lipinski definition) is 1. The summed E-state index contributed by atoms with van der Waals surface area (Å²) in [5.41, 5.74) is 9.14. The van der Waals surface area contributed by atoms with E-state index in [1.54, 1.807) is 12.5 Å². The fourth-order valence-corrected chi connectivity index (χ4v) is 2.47. The molecule has 0 radical (unpaired) electrons. The highest BCUT2D eigenvalue weighted by Crippen LogP contribution is 2.19. The average Bonchev–Trinajstić information content (AvgIpc) is 3.08. The van der Waals surface area contributed by atoms with Crippen molar-refractivity contribution in [1.82, 2.24) is 14.5 Å². The Labute approximate surface area is 123 Å². The topological polar surface area (TPSA) is 72.6 Å². The summed E-state index contributed by atoms with van der Waals surface area (Å²) in [5.74, 6) is 0.985. The Hall–Kier alpha value is -2.50. The molecule has 1 aliphatic rings. The van der Waals surface area contributed by atoms with Crippen LogP contribution in [0.15, 0.2) is 46.0 Å². The number of nitrogens with two attached hydrogens (primary N) is 1. The first-order valence-corrected chi connectivity index (χ1v) is 6.89. The van der Waals surface area contributed by atoms with Crippen molar-refractivity contribution in [3.05, 3.63) is 53.9 Å². The zero-order valence-corrected chi connectivity index (χ0v) is 12.4. The second kappa shape index (κ2) is 5.12. The monoisotopic (exact) mass is 285 g/mol. The maximum atomic E-state index is 5.94. The molecule has 0 fully saturated rings. The van der Waals surface area contributed by atoms with E-state index in [1.165, 1.54) is 11.4 Å². The first-order chi connectivity index (χ1) is 10.1. The molecule has 21 heavy (non-hydrogen) atoms. The van der Waals surface area contributed by atoms with Gasteiger partial charge in [-0.15, -0.1) is 0 Å². The molecule has 2 N–H and O–H groups in total. The Bertz CT molecular complexity index is 696. The van der Waals surface area contributed by atoms with Crippen molar-refractivity contribution in [2.24, 2.45) is 17.8 Å². The minimum Gasteiger partial charge on any atom is -0.444 e. The van der Waals surface area contributed by atoms with Crippen LogP contribution in [0.3, 0.4) is 0 Å². The van der Waals surface area contributed by atoms with E-state index in [4.69, 9.17) is 10.2 Å². The smallest absolute Gasteiger partial charge is 0.242 e. The highest BCUT2D eigenvalue weighted by molar-refractivity contribution is 6.01. The van der Waals surface area contributed by atoms with Gasteiger partial charge in [0.05, 0.1) is 18.8 Å². The predicted molar refractivity (Wildman–Crippen MR) is 80.5 cm³/mol. The third-order valence-corrected chi connectivity index (χ3v) is 3.91.